The molecule has 5 rings (SSSR count). The van der Waals surface area contributed by atoms with Crippen molar-refractivity contribution in [3.05, 3.63) is 65.4 Å². The van der Waals surface area contributed by atoms with Crippen LogP contribution in [0.2, 0.25) is 0 Å². The Morgan fingerprint density at radius 1 is 1.06 bits per heavy atom. The Kier molecular flexibility index (Phi) is 5.91. The number of nitrogens with zero attached hydrogens (tertiary/aromatic N) is 4. The zero-order valence-corrected chi connectivity index (χ0v) is 19.2. The number of amides is 1. The molecule has 0 radical (unpaired) electrons. The Labute approximate surface area is 197 Å². The third-order valence-electron chi connectivity index (χ3n) is 6.49. The van der Waals surface area contributed by atoms with Crippen molar-refractivity contribution < 1.29 is 23.5 Å². The van der Waals surface area contributed by atoms with E-state index in [1.54, 1.807) is 37.4 Å². The predicted octanol–water partition coefficient (Wildman–Crippen LogP) is 2.96. The van der Waals surface area contributed by atoms with Gasteiger partial charge in [-0.25, -0.2) is 9.97 Å². The summed E-state index contributed by atoms with van der Waals surface area (Å²) in [6, 6.07) is 9.15. The van der Waals surface area contributed by atoms with Crippen molar-refractivity contribution >= 4 is 17.6 Å². The number of carbonyl (C=O) groups is 2. The van der Waals surface area contributed by atoms with Gasteiger partial charge in [0.05, 0.1) is 31.7 Å². The number of aromatic nitrogens is 2. The molecule has 2 aliphatic rings. The summed E-state index contributed by atoms with van der Waals surface area (Å²) in [5.41, 5.74) is 2.36. The van der Waals surface area contributed by atoms with Crippen LogP contribution in [0.25, 0.3) is 0 Å². The molecule has 1 amide bonds. The number of fused-ring (bicyclic) bond motifs is 1. The zero-order chi connectivity index (χ0) is 23.7. The van der Waals surface area contributed by atoms with Gasteiger partial charge in [-0.05, 0) is 42.2 Å². The van der Waals surface area contributed by atoms with E-state index >= 15 is 0 Å². The molecule has 0 N–H and O–H groups in total. The molecule has 9 nitrogen and oxygen atoms in total. The second-order valence-corrected chi connectivity index (χ2v) is 8.43. The molecule has 1 saturated heterocycles. The van der Waals surface area contributed by atoms with Crippen molar-refractivity contribution in [2.24, 2.45) is 0 Å². The lowest BCUT2D eigenvalue weighted by atomic mass is 9.82. The first kappa shape index (κ1) is 21.9. The van der Waals surface area contributed by atoms with E-state index in [4.69, 9.17) is 18.9 Å². The third-order valence-corrected chi connectivity index (χ3v) is 6.49. The highest BCUT2D eigenvalue weighted by molar-refractivity contribution is 5.98. The molecule has 0 saturated carbocycles. The fourth-order valence-electron chi connectivity index (χ4n) is 4.59. The maximum atomic E-state index is 12.9. The SMILES string of the molecule is COc1ccc([C@H]2CC(=O)c3cnc(N4CCN(C(=O)c5ccco5)CC4)nc3C2)cc1OC. The monoisotopic (exact) mass is 462 g/mol. The van der Waals surface area contributed by atoms with Crippen LogP contribution in [-0.4, -0.2) is 67.0 Å². The van der Waals surface area contributed by atoms with Gasteiger partial charge in [-0.2, -0.15) is 0 Å². The van der Waals surface area contributed by atoms with Crippen LogP contribution < -0.4 is 14.4 Å². The average molecular weight is 463 g/mol. The number of anilines is 1. The van der Waals surface area contributed by atoms with Crippen molar-refractivity contribution in [3.8, 4) is 11.5 Å². The van der Waals surface area contributed by atoms with E-state index in [2.05, 4.69) is 9.88 Å². The molecular formula is C25H26N4O5. The number of rotatable bonds is 5. The van der Waals surface area contributed by atoms with Crippen LogP contribution in [0.1, 0.15) is 44.5 Å². The largest absolute Gasteiger partial charge is 0.493 e. The lowest BCUT2D eigenvalue weighted by Crippen LogP contribution is -2.49. The minimum absolute atomic E-state index is 0.00493. The van der Waals surface area contributed by atoms with Gasteiger partial charge in [0.15, 0.2) is 23.0 Å². The number of hydrogen-bond acceptors (Lipinski definition) is 8. The first-order valence-corrected chi connectivity index (χ1v) is 11.3. The van der Waals surface area contributed by atoms with Crippen molar-refractivity contribution in [3.63, 3.8) is 0 Å². The molecule has 3 aromatic rings. The number of ether oxygens (including phenoxy) is 2. The number of piperazine rings is 1. The molecule has 0 unspecified atom stereocenters. The van der Waals surface area contributed by atoms with E-state index in [1.165, 1.54) is 6.26 Å². The van der Waals surface area contributed by atoms with E-state index < -0.39 is 0 Å². The van der Waals surface area contributed by atoms with E-state index in [0.717, 1.165) is 11.3 Å². The minimum Gasteiger partial charge on any atom is -0.493 e. The van der Waals surface area contributed by atoms with E-state index in [9.17, 15) is 9.59 Å². The van der Waals surface area contributed by atoms with Gasteiger partial charge < -0.3 is 23.7 Å². The van der Waals surface area contributed by atoms with Gasteiger partial charge in [0.25, 0.3) is 5.91 Å². The van der Waals surface area contributed by atoms with Crippen LogP contribution in [0.5, 0.6) is 11.5 Å². The summed E-state index contributed by atoms with van der Waals surface area (Å²) in [7, 11) is 3.20. The van der Waals surface area contributed by atoms with Crippen LogP contribution in [0.3, 0.4) is 0 Å². The van der Waals surface area contributed by atoms with Crippen LogP contribution in [-0.2, 0) is 6.42 Å². The standard InChI is InChI=1S/C25H26N4O5/c1-32-21-6-5-16(14-23(21)33-2)17-12-19-18(20(30)13-17)15-26-25(27-19)29-9-7-28(8-10-29)24(31)22-4-3-11-34-22/h3-6,11,14-15,17H,7-10,12-13H2,1-2H3/t17-/m1/s1. The third kappa shape index (κ3) is 4.09. The number of hydrogen-bond donors (Lipinski definition) is 0. The molecule has 3 heterocycles. The second-order valence-electron chi connectivity index (χ2n) is 8.43. The summed E-state index contributed by atoms with van der Waals surface area (Å²) in [6.45, 7) is 2.32. The van der Waals surface area contributed by atoms with Gasteiger partial charge in [0.1, 0.15) is 0 Å². The first-order valence-electron chi connectivity index (χ1n) is 11.3. The first-order chi connectivity index (χ1) is 16.6. The summed E-state index contributed by atoms with van der Waals surface area (Å²) >= 11 is 0. The van der Waals surface area contributed by atoms with Crippen molar-refractivity contribution in [1.29, 1.82) is 0 Å². The van der Waals surface area contributed by atoms with E-state index in [1.807, 2.05) is 18.2 Å². The van der Waals surface area contributed by atoms with Gasteiger partial charge in [-0.1, -0.05) is 6.07 Å². The molecule has 1 aliphatic heterocycles. The quantitative estimate of drug-likeness (QED) is 0.571. The summed E-state index contributed by atoms with van der Waals surface area (Å²) in [6.07, 6.45) is 4.19. The maximum absolute atomic E-state index is 12.9. The fourth-order valence-corrected chi connectivity index (χ4v) is 4.59. The molecule has 9 heteroatoms. The highest BCUT2D eigenvalue weighted by atomic mass is 16.5. The van der Waals surface area contributed by atoms with Gasteiger partial charge in [-0.15, -0.1) is 0 Å². The summed E-state index contributed by atoms with van der Waals surface area (Å²) in [4.78, 5) is 38.4. The summed E-state index contributed by atoms with van der Waals surface area (Å²) < 4.78 is 16.0. The van der Waals surface area contributed by atoms with Gasteiger partial charge in [0.2, 0.25) is 5.95 Å². The van der Waals surface area contributed by atoms with Crippen LogP contribution in [0.4, 0.5) is 5.95 Å². The Hall–Kier alpha value is -3.88. The van der Waals surface area contributed by atoms with Gasteiger partial charge in [-0.3, -0.25) is 9.59 Å². The lowest BCUT2D eigenvalue weighted by molar-refractivity contribution is 0.0714. The number of benzene rings is 1. The van der Waals surface area contributed by atoms with Gasteiger partial charge in [0, 0.05) is 38.8 Å². The minimum atomic E-state index is -0.112. The molecule has 0 bridgehead atoms. The topological polar surface area (TPSA) is 98.0 Å². The molecule has 1 aliphatic carbocycles. The number of Topliss-reactive ketones (excluding diaryl/α,β-unsaturated/α-hetero) is 1. The van der Waals surface area contributed by atoms with Crippen molar-refractivity contribution in [1.82, 2.24) is 14.9 Å². The Bertz CT molecular complexity index is 1200. The fraction of sp³-hybridized carbons (Fsp3) is 0.360. The zero-order valence-electron chi connectivity index (χ0n) is 19.2. The number of ketones is 1. The maximum Gasteiger partial charge on any atom is 0.289 e. The molecule has 0 spiro atoms. The number of methoxy groups -OCH3 is 2. The molecule has 34 heavy (non-hydrogen) atoms. The highest BCUT2D eigenvalue weighted by Crippen LogP contribution is 2.36. The van der Waals surface area contributed by atoms with Crippen LogP contribution in [0.15, 0.2) is 47.2 Å². The lowest BCUT2D eigenvalue weighted by Gasteiger charge is -2.34. The Morgan fingerprint density at radius 2 is 1.85 bits per heavy atom. The Morgan fingerprint density at radius 3 is 2.56 bits per heavy atom. The second kappa shape index (κ2) is 9.17. The molecule has 1 atom stereocenters. The molecule has 2 aromatic heterocycles. The summed E-state index contributed by atoms with van der Waals surface area (Å²) in [5.74, 6) is 2.17. The smallest absolute Gasteiger partial charge is 0.289 e. The van der Waals surface area contributed by atoms with Crippen LogP contribution >= 0.6 is 0 Å². The molecular weight excluding hydrogens is 436 g/mol. The van der Waals surface area contributed by atoms with E-state index in [-0.39, 0.29) is 17.6 Å². The normalized spacial score (nSPS) is 17.9. The number of furan rings is 1. The molecule has 1 fully saturated rings. The average Bonchev–Trinajstić information content (AvgIpc) is 3.42. The predicted molar refractivity (Wildman–Crippen MR) is 124 cm³/mol. The number of carbonyl (C=O) groups excluding carboxylic acids is 2. The van der Waals surface area contributed by atoms with Gasteiger partial charge >= 0.3 is 0 Å². The molecule has 176 valence electrons. The Balaban J connectivity index is 1.31. The highest BCUT2D eigenvalue weighted by Gasteiger charge is 2.30. The van der Waals surface area contributed by atoms with Crippen LogP contribution in [0, 0.1) is 0 Å². The van der Waals surface area contributed by atoms with Crippen molar-refractivity contribution in [2.75, 3.05) is 45.3 Å². The van der Waals surface area contributed by atoms with E-state index in [0.29, 0.717) is 67.8 Å². The summed E-state index contributed by atoms with van der Waals surface area (Å²) in [5, 5.41) is 0. The molecule has 1 aromatic carbocycles. The van der Waals surface area contributed by atoms with Crippen molar-refractivity contribution in [2.45, 2.75) is 18.8 Å².